The molecule has 0 aliphatic heterocycles. The standard InChI is InChI=1S/C26H24N4O2/c1-16(2)13-23-18(4)14-22(25(31)30(23)5)21-15-20(12-11-17(21)3)27-26-28-24(32-29-26)19-9-7-6-8-10-19/h6-15H,1,4H2,2-3,5H3,(H,27,29)/b23-13+. The molecule has 6 nitrogen and oxygen atoms in total. The van der Waals surface area contributed by atoms with Gasteiger partial charge in [0.2, 0.25) is 0 Å². The minimum absolute atomic E-state index is 0.101. The fraction of sp³-hybridized carbons (Fsp3) is 0.115. The number of nitrogens with one attached hydrogen (secondary N) is 1. The fourth-order valence-electron chi connectivity index (χ4n) is 3.52. The van der Waals surface area contributed by atoms with Gasteiger partial charge in [-0.3, -0.25) is 4.79 Å². The largest absolute Gasteiger partial charge is 0.332 e. The first kappa shape index (κ1) is 21.1. The van der Waals surface area contributed by atoms with Crippen LogP contribution in [0.5, 0.6) is 0 Å². The number of allylic oxidation sites excluding steroid dienone is 1. The summed E-state index contributed by atoms with van der Waals surface area (Å²) < 4.78 is 6.97. The Balaban J connectivity index is 1.72. The molecule has 0 radical (unpaired) electrons. The van der Waals surface area contributed by atoms with Crippen molar-refractivity contribution in [2.45, 2.75) is 13.8 Å². The Labute approximate surface area is 185 Å². The maximum absolute atomic E-state index is 13.1. The second-order valence-electron chi connectivity index (χ2n) is 7.77. The van der Waals surface area contributed by atoms with Crippen LogP contribution < -0.4 is 21.4 Å². The van der Waals surface area contributed by atoms with Crippen LogP contribution in [0, 0.1) is 6.92 Å². The van der Waals surface area contributed by atoms with Gasteiger partial charge in [-0.05, 0) is 71.8 Å². The molecule has 32 heavy (non-hydrogen) atoms. The number of anilines is 2. The number of nitrogens with zero attached hydrogens (tertiary/aromatic N) is 3. The van der Waals surface area contributed by atoms with E-state index in [2.05, 4.69) is 28.6 Å². The van der Waals surface area contributed by atoms with Gasteiger partial charge in [0.1, 0.15) is 0 Å². The molecule has 0 spiro atoms. The highest BCUT2D eigenvalue weighted by molar-refractivity contribution is 5.72. The minimum atomic E-state index is -0.101. The third kappa shape index (κ3) is 4.16. The monoisotopic (exact) mass is 424 g/mol. The molecule has 0 saturated carbocycles. The molecular formula is C26H24N4O2. The van der Waals surface area contributed by atoms with Crippen molar-refractivity contribution in [3.8, 4) is 22.6 Å². The summed E-state index contributed by atoms with van der Waals surface area (Å²) >= 11 is 0. The van der Waals surface area contributed by atoms with E-state index in [1.807, 2.05) is 74.5 Å². The summed E-state index contributed by atoms with van der Waals surface area (Å²) in [6, 6.07) is 17.2. The van der Waals surface area contributed by atoms with Crippen molar-refractivity contribution < 1.29 is 4.52 Å². The van der Waals surface area contributed by atoms with Gasteiger partial charge in [0.05, 0.1) is 5.35 Å². The van der Waals surface area contributed by atoms with Crippen molar-refractivity contribution in [2.75, 3.05) is 5.32 Å². The molecule has 0 amide bonds. The Morgan fingerprint density at radius 1 is 1.12 bits per heavy atom. The Morgan fingerprint density at radius 3 is 2.59 bits per heavy atom. The van der Waals surface area contributed by atoms with Crippen LogP contribution in [0.25, 0.3) is 35.2 Å². The van der Waals surface area contributed by atoms with Crippen LogP contribution in [0.2, 0.25) is 0 Å². The number of rotatable bonds is 5. The first-order chi connectivity index (χ1) is 15.3. The number of aryl methyl sites for hydroxylation is 1. The molecule has 6 heteroatoms. The van der Waals surface area contributed by atoms with Crippen LogP contribution in [0.1, 0.15) is 12.5 Å². The lowest BCUT2D eigenvalue weighted by Gasteiger charge is -2.11. The molecule has 0 fully saturated rings. The number of hydrogen-bond acceptors (Lipinski definition) is 5. The molecule has 0 atom stereocenters. The molecule has 0 aliphatic carbocycles. The molecule has 0 bridgehead atoms. The lowest BCUT2D eigenvalue weighted by molar-refractivity contribution is 0.433. The average molecular weight is 425 g/mol. The second-order valence-corrected chi connectivity index (χ2v) is 7.77. The Kier molecular flexibility index (Phi) is 5.60. The Hall–Kier alpha value is -4.19. The number of hydrogen-bond donors (Lipinski definition) is 1. The van der Waals surface area contributed by atoms with E-state index < -0.39 is 0 Å². The number of aromatic nitrogens is 3. The maximum Gasteiger partial charge on any atom is 0.268 e. The van der Waals surface area contributed by atoms with Crippen molar-refractivity contribution in [3.63, 3.8) is 0 Å². The Bertz CT molecular complexity index is 1480. The van der Waals surface area contributed by atoms with E-state index in [9.17, 15) is 4.79 Å². The maximum atomic E-state index is 13.1. The van der Waals surface area contributed by atoms with Gasteiger partial charge in [0.25, 0.3) is 17.4 Å². The third-order valence-electron chi connectivity index (χ3n) is 5.16. The first-order valence-electron chi connectivity index (χ1n) is 10.2. The highest BCUT2D eigenvalue weighted by Gasteiger charge is 2.12. The summed E-state index contributed by atoms with van der Waals surface area (Å²) in [5, 5.41) is 8.68. The molecule has 2 heterocycles. The summed E-state index contributed by atoms with van der Waals surface area (Å²) in [6.07, 6.45) is 1.86. The topological polar surface area (TPSA) is 73.0 Å². The van der Waals surface area contributed by atoms with Gasteiger partial charge >= 0.3 is 0 Å². The molecule has 0 saturated heterocycles. The number of pyridine rings is 1. The molecule has 4 aromatic rings. The van der Waals surface area contributed by atoms with Crippen molar-refractivity contribution in [2.24, 2.45) is 7.05 Å². The van der Waals surface area contributed by atoms with Crippen LogP contribution in [-0.4, -0.2) is 14.7 Å². The van der Waals surface area contributed by atoms with Crippen LogP contribution in [0.15, 0.2) is 76.1 Å². The highest BCUT2D eigenvalue weighted by atomic mass is 16.5. The van der Waals surface area contributed by atoms with E-state index in [0.29, 0.717) is 17.4 Å². The lowest BCUT2D eigenvalue weighted by atomic mass is 10.00. The fourth-order valence-corrected chi connectivity index (χ4v) is 3.52. The first-order valence-corrected chi connectivity index (χ1v) is 10.2. The van der Waals surface area contributed by atoms with Gasteiger partial charge in [0, 0.05) is 23.9 Å². The van der Waals surface area contributed by atoms with Crippen LogP contribution in [0.4, 0.5) is 11.6 Å². The summed E-state index contributed by atoms with van der Waals surface area (Å²) in [5.74, 6) is 0.774. The van der Waals surface area contributed by atoms with E-state index in [-0.39, 0.29) is 5.56 Å². The van der Waals surface area contributed by atoms with E-state index in [1.54, 1.807) is 11.6 Å². The van der Waals surface area contributed by atoms with Gasteiger partial charge in [-0.1, -0.05) is 43.0 Å². The van der Waals surface area contributed by atoms with Crippen LogP contribution >= 0.6 is 0 Å². The van der Waals surface area contributed by atoms with Crippen molar-refractivity contribution in [1.82, 2.24) is 14.7 Å². The lowest BCUT2D eigenvalue weighted by Crippen LogP contribution is -2.41. The zero-order valence-electron chi connectivity index (χ0n) is 18.3. The molecule has 1 N–H and O–H groups in total. The molecule has 0 unspecified atom stereocenters. The van der Waals surface area contributed by atoms with Gasteiger partial charge < -0.3 is 14.4 Å². The van der Waals surface area contributed by atoms with E-state index >= 15 is 0 Å². The predicted octanol–water partition coefficient (Wildman–Crippen LogP) is 3.92. The van der Waals surface area contributed by atoms with Gasteiger partial charge in [0.15, 0.2) is 0 Å². The van der Waals surface area contributed by atoms with E-state index in [1.165, 1.54) is 0 Å². The summed E-state index contributed by atoms with van der Waals surface area (Å²) in [6.45, 7) is 11.9. The molecule has 4 rings (SSSR count). The van der Waals surface area contributed by atoms with Gasteiger partial charge in [-0.15, -0.1) is 0 Å². The predicted molar refractivity (Wildman–Crippen MR) is 129 cm³/mol. The average Bonchev–Trinajstić information content (AvgIpc) is 3.24. The third-order valence-corrected chi connectivity index (χ3v) is 5.16. The Morgan fingerprint density at radius 2 is 1.88 bits per heavy atom. The van der Waals surface area contributed by atoms with Crippen molar-refractivity contribution >= 4 is 24.3 Å². The highest BCUT2D eigenvalue weighted by Crippen LogP contribution is 2.26. The number of benzene rings is 2. The quantitative estimate of drug-likeness (QED) is 0.526. The summed E-state index contributed by atoms with van der Waals surface area (Å²) in [4.78, 5) is 17.5. The van der Waals surface area contributed by atoms with Gasteiger partial charge in [-0.2, -0.15) is 4.98 Å². The molecule has 160 valence electrons. The second kappa shape index (κ2) is 8.51. The zero-order chi connectivity index (χ0) is 22.8. The summed E-state index contributed by atoms with van der Waals surface area (Å²) in [5.41, 5.74) is 4.71. The van der Waals surface area contributed by atoms with Crippen molar-refractivity contribution in [1.29, 1.82) is 0 Å². The molecule has 2 aromatic carbocycles. The van der Waals surface area contributed by atoms with Crippen LogP contribution in [0.3, 0.4) is 0 Å². The van der Waals surface area contributed by atoms with Gasteiger partial charge in [-0.25, -0.2) is 0 Å². The van der Waals surface area contributed by atoms with Crippen molar-refractivity contribution in [3.05, 3.63) is 93.2 Å². The zero-order valence-corrected chi connectivity index (χ0v) is 18.3. The minimum Gasteiger partial charge on any atom is -0.332 e. The molecular weight excluding hydrogens is 400 g/mol. The molecule has 0 aliphatic rings. The smallest absolute Gasteiger partial charge is 0.268 e. The van der Waals surface area contributed by atoms with E-state index in [4.69, 9.17) is 4.52 Å². The van der Waals surface area contributed by atoms with E-state index in [0.717, 1.165) is 38.5 Å². The summed E-state index contributed by atoms with van der Waals surface area (Å²) in [7, 11) is 1.75. The van der Waals surface area contributed by atoms with Crippen LogP contribution in [-0.2, 0) is 7.05 Å². The normalized spacial score (nSPS) is 11.5. The molecule has 2 aromatic heterocycles. The SMILES string of the molecule is C=C(C)/C=c1\c(=C)cc(-c2cc(Nc3noc(-c4ccccc4)n3)ccc2C)c(=O)n1C.